The number of carbonyl (C=O) groups excluding carboxylic acids is 1. The molecule has 4 rings (SSSR count). The molecular formula is C22H28N4O2. The van der Waals surface area contributed by atoms with Gasteiger partial charge in [0.25, 0.3) is 5.56 Å². The number of carbonyl (C=O) groups is 1. The van der Waals surface area contributed by atoms with Crippen LogP contribution in [0.1, 0.15) is 46.0 Å². The van der Waals surface area contributed by atoms with Crippen LogP contribution in [0.5, 0.6) is 0 Å². The summed E-state index contributed by atoms with van der Waals surface area (Å²) in [6.07, 6.45) is 6.38. The Morgan fingerprint density at radius 2 is 2.07 bits per heavy atom. The maximum Gasteiger partial charge on any atom is 0.288 e. The molecule has 28 heavy (non-hydrogen) atoms. The van der Waals surface area contributed by atoms with Crippen molar-refractivity contribution in [2.75, 3.05) is 0 Å². The van der Waals surface area contributed by atoms with Gasteiger partial charge < -0.3 is 9.88 Å². The minimum absolute atomic E-state index is 0.113. The lowest BCUT2D eigenvalue weighted by atomic mass is 9.78. The molecule has 2 N–H and O–H groups in total. The van der Waals surface area contributed by atoms with E-state index in [9.17, 15) is 9.59 Å². The van der Waals surface area contributed by atoms with Crippen molar-refractivity contribution in [3.8, 4) is 0 Å². The van der Waals surface area contributed by atoms with E-state index in [2.05, 4.69) is 29.4 Å². The maximum atomic E-state index is 12.5. The number of nitrogens with one attached hydrogen (secondary N) is 2. The van der Waals surface area contributed by atoms with Crippen LogP contribution in [0.25, 0.3) is 21.8 Å². The van der Waals surface area contributed by atoms with E-state index in [4.69, 9.17) is 0 Å². The first-order valence-corrected chi connectivity index (χ1v) is 10.3. The number of hydrogen-bond donors (Lipinski definition) is 2. The molecule has 1 aliphatic carbocycles. The third kappa shape index (κ3) is 3.43. The highest BCUT2D eigenvalue weighted by Gasteiger charge is 2.27. The molecule has 0 unspecified atom stereocenters. The molecule has 0 bridgehead atoms. The molecule has 1 fully saturated rings. The van der Waals surface area contributed by atoms with Gasteiger partial charge in [-0.05, 0) is 30.7 Å². The average molecular weight is 380 g/mol. The van der Waals surface area contributed by atoms with E-state index in [1.807, 2.05) is 28.8 Å². The Morgan fingerprint density at radius 3 is 2.93 bits per heavy atom. The second-order valence-corrected chi connectivity index (χ2v) is 8.18. The highest BCUT2D eigenvalue weighted by molar-refractivity contribution is 6.07. The summed E-state index contributed by atoms with van der Waals surface area (Å²) in [7, 11) is 0. The molecule has 1 aromatic carbocycles. The molecule has 6 heteroatoms. The zero-order valence-electron chi connectivity index (χ0n) is 16.6. The fourth-order valence-electron chi connectivity index (χ4n) is 4.61. The lowest BCUT2D eigenvalue weighted by molar-refractivity contribution is -0.122. The van der Waals surface area contributed by atoms with Crippen molar-refractivity contribution in [3.05, 3.63) is 40.8 Å². The number of hydrogen-bond acceptors (Lipinski definition) is 3. The van der Waals surface area contributed by atoms with Gasteiger partial charge in [-0.3, -0.25) is 9.59 Å². The summed E-state index contributed by atoms with van der Waals surface area (Å²) >= 11 is 0. The van der Waals surface area contributed by atoms with Crippen molar-refractivity contribution < 1.29 is 4.79 Å². The molecule has 2 aromatic heterocycles. The SMILES string of the molecule is C[C@@H]1[C@H](C)CCC[C@@H]1NC(=O)CCCn1c2ccccc2c2cn[nH]c(=O)c21. The van der Waals surface area contributed by atoms with Crippen molar-refractivity contribution in [3.63, 3.8) is 0 Å². The summed E-state index contributed by atoms with van der Waals surface area (Å²) in [6, 6.07) is 8.25. The van der Waals surface area contributed by atoms with Crippen LogP contribution in [0.3, 0.4) is 0 Å². The van der Waals surface area contributed by atoms with E-state index in [0.29, 0.717) is 42.8 Å². The number of aromatic amines is 1. The van der Waals surface area contributed by atoms with Gasteiger partial charge in [-0.2, -0.15) is 5.10 Å². The van der Waals surface area contributed by atoms with E-state index in [-0.39, 0.29) is 11.5 Å². The van der Waals surface area contributed by atoms with Crippen molar-refractivity contribution in [2.24, 2.45) is 11.8 Å². The largest absolute Gasteiger partial charge is 0.353 e. The van der Waals surface area contributed by atoms with Gasteiger partial charge in [0.15, 0.2) is 0 Å². The van der Waals surface area contributed by atoms with Crippen LogP contribution in [-0.4, -0.2) is 26.7 Å². The third-order valence-corrected chi connectivity index (χ3v) is 6.42. The summed E-state index contributed by atoms with van der Waals surface area (Å²) in [5, 5.41) is 11.6. The van der Waals surface area contributed by atoms with Gasteiger partial charge in [0.2, 0.25) is 5.91 Å². The molecule has 0 aliphatic heterocycles. The summed E-state index contributed by atoms with van der Waals surface area (Å²) in [5.74, 6) is 1.31. The number of aryl methyl sites for hydroxylation is 1. The number of nitrogens with zero attached hydrogens (tertiary/aromatic N) is 2. The first-order valence-electron chi connectivity index (χ1n) is 10.3. The minimum atomic E-state index is -0.192. The molecule has 0 radical (unpaired) electrons. The summed E-state index contributed by atoms with van der Waals surface area (Å²) in [5.41, 5.74) is 1.45. The Hall–Kier alpha value is -2.63. The zero-order chi connectivity index (χ0) is 19.7. The van der Waals surface area contributed by atoms with E-state index >= 15 is 0 Å². The molecule has 1 amide bonds. The van der Waals surface area contributed by atoms with Gasteiger partial charge >= 0.3 is 0 Å². The lowest BCUT2D eigenvalue weighted by Gasteiger charge is -2.34. The molecule has 1 aliphatic rings. The zero-order valence-corrected chi connectivity index (χ0v) is 16.6. The fourth-order valence-corrected chi connectivity index (χ4v) is 4.61. The smallest absolute Gasteiger partial charge is 0.288 e. The number of aromatic nitrogens is 3. The van der Waals surface area contributed by atoms with Crippen molar-refractivity contribution in [1.82, 2.24) is 20.1 Å². The van der Waals surface area contributed by atoms with Gasteiger partial charge in [0.1, 0.15) is 5.52 Å². The van der Waals surface area contributed by atoms with Gasteiger partial charge in [-0.25, -0.2) is 5.10 Å². The molecule has 0 saturated heterocycles. The van der Waals surface area contributed by atoms with Crippen molar-refractivity contribution in [1.29, 1.82) is 0 Å². The quantitative estimate of drug-likeness (QED) is 0.710. The average Bonchev–Trinajstić information content (AvgIpc) is 3.01. The van der Waals surface area contributed by atoms with E-state index in [0.717, 1.165) is 22.7 Å². The maximum absolute atomic E-state index is 12.5. The third-order valence-electron chi connectivity index (χ3n) is 6.42. The highest BCUT2D eigenvalue weighted by atomic mass is 16.1. The Labute approximate surface area is 164 Å². The van der Waals surface area contributed by atoms with Gasteiger partial charge in [0.05, 0.1) is 6.20 Å². The molecule has 2 heterocycles. The first-order chi connectivity index (χ1) is 13.6. The second-order valence-electron chi connectivity index (χ2n) is 8.18. The molecule has 0 spiro atoms. The number of rotatable bonds is 5. The Morgan fingerprint density at radius 1 is 1.25 bits per heavy atom. The van der Waals surface area contributed by atoms with E-state index in [1.54, 1.807) is 6.20 Å². The van der Waals surface area contributed by atoms with Crippen molar-refractivity contribution in [2.45, 2.75) is 58.5 Å². The number of H-pyrrole nitrogens is 1. The van der Waals surface area contributed by atoms with Crippen LogP contribution in [-0.2, 0) is 11.3 Å². The summed E-state index contributed by atoms with van der Waals surface area (Å²) in [4.78, 5) is 24.9. The number of benzene rings is 1. The number of amides is 1. The van der Waals surface area contributed by atoms with Crippen LogP contribution in [0.15, 0.2) is 35.3 Å². The molecular weight excluding hydrogens is 352 g/mol. The summed E-state index contributed by atoms with van der Waals surface area (Å²) < 4.78 is 2.02. The van der Waals surface area contributed by atoms with Crippen LogP contribution in [0.2, 0.25) is 0 Å². The molecule has 6 nitrogen and oxygen atoms in total. The molecule has 3 atom stereocenters. The van der Waals surface area contributed by atoms with Gasteiger partial charge in [-0.15, -0.1) is 0 Å². The standard InChI is InChI=1S/C22H28N4O2/c1-14-7-5-9-18(15(14)2)24-20(27)11-6-12-26-19-10-4-3-8-16(19)17-13-23-25-22(28)21(17)26/h3-4,8,10,13-15,18H,5-7,9,11-12H2,1-2H3,(H,24,27)(H,25,28)/t14-,15-,18+/m1/s1. The van der Waals surface area contributed by atoms with Gasteiger partial charge in [-0.1, -0.05) is 44.9 Å². The molecule has 3 aromatic rings. The van der Waals surface area contributed by atoms with Crippen LogP contribution < -0.4 is 10.9 Å². The predicted octanol–water partition coefficient (Wildman–Crippen LogP) is 3.60. The molecule has 1 saturated carbocycles. The fraction of sp³-hybridized carbons (Fsp3) is 0.500. The Kier molecular flexibility index (Phi) is 5.20. The van der Waals surface area contributed by atoms with Crippen molar-refractivity contribution >= 4 is 27.7 Å². The Bertz CT molecular complexity index is 1050. The van der Waals surface area contributed by atoms with Crippen LogP contribution in [0, 0.1) is 11.8 Å². The molecule has 148 valence electrons. The normalized spacial score (nSPS) is 22.6. The Balaban J connectivity index is 1.47. The van der Waals surface area contributed by atoms with Crippen LogP contribution >= 0.6 is 0 Å². The van der Waals surface area contributed by atoms with Crippen LogP contribution in [0.4, 0.5) is 0 Å². The predicted molar refractivity (Wildman–Crippen MR) is 111 cm³/mol. The highest BCUT2D eigenvalue weighted by Crippen LogP contribution is 2.30. The minimum Gasteiger partial charge on any atom is -0.353 e. The monoisotopic (exact) mass is 380 g/mol. The van der Waals surface area contributed by atoms with E-state index in [1.165, 1.54) is 12.8 Å². The number of fused-ring (bicyclic) bond motifs is 3. The van der Waals surface area contributed by atoms with E-state index < -0.39 is 0 Å². The number of para-hydroxylation sites is 1. The first kappa shape index (κ1) is 18.7. The van der Waals surface area contributed by atoms with Gasteiger partial charge in [0, 0.05) is 35.3 Å². The second kappa shape index (κ2) is 7.78. The topological polar surface area (TPSA) is 79.8 Å². The lowest BCUT2D eigenvalue weighted by Crippen LogP contribution is -2.43. The summed E-state index contributed by atoms with van der Waals surface area (Å²) in [6.45, 7) is 5.14.